The standard InChI is InChI=1S/C24H27N5O/c1-15-11-17(13-26-16(2)30)5-6-20(15)28-23-25-10-8-21(29-23)18-12-19-22(27-14-18)7-9-24(19,3)4/h5-6,8,10-12,14H,7,9,13H2,1-4H3,(H,26,30)(H,25,28,29). The van der Waals surface area contributed by atoms with Crippen molar-refractivity contribution in [3.63, 3.8) is 0 Å². The van der Waals surface area contributed by atoms with Crippen molar-refractivity contribution in [1.29, 1.82) is 0 Å². The summed E-state index contributed by atoms with van der Waals surface area (Å²) in [7, 11) is 0. The Labute approximate surface area is 177 Å². The van der Waals surface area contributed by atoms with Gasteiger partial charge in [-0.1, -0.05) is 26.0 Å². The van der Waals surface area contributed by atoms with Crippen molar-refractivity contribution in [1.82, 2.24) is 20.3 Å². The molecule has 1 amide bonds. The lowest BCUT2D eigenvalue weighted by atomic mass is 9.86. The molecule has 2 heterocycles. The molecule has 1 aliphatic carbocycles. The number of carbonyl (C=O) groups is 1. The molecule has 0 saturated heterocycles. The molecule has 0 bridgehead atoms. The molecule has 0 fully saturated rings. The fraction of sp³-hybridized carbons (Fsp3) is 0.333. The number of carbonyl (C=O) groups excluding carboxylic acids is 1. The SMILES string of the molecule is CC(=O)NCc1ccc(Nc2nccc(-c3cnc4c(c3)C(C)(C)CC4)n2)c(C)c1. The lowest BCUT2D eigenvalue weighted by Gasteiger charge is -2.19. The molecule has 0 aliphatic heterocycles. The molecule has 6 heteroatoms. The van der Waals surface area contributed by atoms with E-state index in [0.717, 1.165) is 40.9 Å². The van der Waals surface area contributed by atoms with Crippen molar-refractivity contribution < 1.29 is 4.79 Å². The number of hydrogen-bond acceptors (Lipinski definition) is 5. The van der Waals surface area contributed by atoms with E-state index >= 15 is 0 Å². The second kappa shape index (κ2) is 7.86. The number of aromatic nitrogens is 3. The van der Waals surface area contributed by atoms with Crippen LogP contribution in [0.1, 0.15) is 49.6 Å². The Kier molecular flexibility index (Phi) is 5.24. The van der Waals surface area contributed by atoms with Gasteiger partial charge in [0, 0.05) is 42.8 Å². The van der Waals surface area contributed by atoms with Crippen LogP contribution in [0.4, 0.5) is 11.6 Å². The van der Waals surface area contributed by atoms with Crippen molar-refractivity contribution in [2.24, 2.45) is 0 Å². The summed E-state index contributed by atoms with van der Waals surface area (Å²) in [6.45, 7) is 8.61. The highest BCUT2D eigenvalue weighted by molar-refractivity contribution is 5.73. The molecule has 2 aromatic heterocycles. The first-order valence-corrected chi connectivity index (χ1v) is 10.3. The second-order valence-corrected chi connectivity index (χ2v) is 8.55. The Bertz CT molecular complexity index is 1110. The monoisotopic (exact) mass is 401 g/mol. The normalized spacial score (nSPS) is 14.3. The average molecular weight is 402 g/mol. The van der Waals surface area contributed by atoms with Crippen LogP contribution in [0.2, 0.25) is 0 Å². The molecule has 0 radical (unpaired) electrons. The minimum absolute atomic E-state index is 0.0375. The van der Waals surface area contributed by atoms with Gasteiger partial charge in [0.15, 0.2) is 0 Å². The van der Waals surface area contributed by atoms with E-state index in [2.05, 4.69) is 46.6 Å². The van der Waals surface area contributed by atoms with Gasteiger partial charge in [-0.25, -0.2) is 9.97 Å². The number of anilines is 2. The number of pyridine rings is 1. The molecular weight excluding hydrogens is 374 g/mol. The van der Waals surface area contributed by atoms with Crippen LogP contribution < -0.4 is 10.6 Å². The summed E-state index contributed by atoms with van der Waals surface area (Å²) in [5, 5.41) is 6.13. The molecule has 4 rings (SSSR count). The Hall–Kier alpha value is -3.28. The van der Waals surface area contributed by atoms with Crippen molar-refractivity contribution >= 4 is 17.5 Å². The second-order valence-electron chi connectivity index (χ2n) is 8.55. The van der Waals surface area contributed by atoms with E-state index in [-0.39, 0.29) is 11.3 Å². The van der Waals surface area contributed by atoms with Crippen LogP contribution >= 0.6 is 0 Å². The van der Waals surface area contributed by atoms with Crippen LogP contribution in [-0.4, -0.2) is 20.9 Å². The van der Waals surface area contributed by atoms with Gasteiger partial charge in [0.25, 0.3) is 0 Å². The molecule has 2 N–H and O–H groups in total. The van der Waals surface area contributed by atoms with Gasteiger partial charge in [-0.3, -0.25) is 9.78 Å². The Morgan fingerprint density at radius 2 is 2.00 bits per heavy atom. The predicted octanol–water partition coefficient (Wildman–Crippen LogP) is 4.45. The largest absolute Gasteiger partial charge is 0.352 e. The molecule has 0 unspecified atom stereocenters. The van der Waals surface area contributed by atoms with Crippen LogP contribution in [0.25, 0.3) is 11.3 Å². The van der Waals surface area contributed by atoms with Crippen LogP contribution in [0, 0.1) is 6.92 Å². The maximum Gasteiger partial charge on any atom is 0.227 e. The summed E-state index contributed by atoms with van der Waals surface area (Å²) in [5.41, 5.74) is 7.59. The van der Waals surface area contributed by atoms with Crippen LogP contribution in [-0.2, 0) is 23.2 Å². The van der Waals surface area contributed by atoms with Crippen molar-refractivity contribution in [3.8, 4) is 11.3 Å². The van der Waals surface area contributed by atoms with E-state index in [0.29, 0.717) is 12.5 Å². The van der Waals surface area contributed by atoms with E-state index in [1.807, 2.05) is 31.3 Å². The van der Waals surface area contributed by atoms with E-state index in [1.54, 1.807) is 6.20 Å². The molecule has 3 aromatic rings. The Morgan fingerprint density at radius 1 is 1.17 bits per heavy atom. The summed E-state index contributed by atoms with van der Waals surface area (Å²) in [4.78, 5) is 24.9. The molecule has 1 aliphatic rings. The number of nitrogens with one attached hydrogen (secondary N) is 2. The lowest BCUT2D eigenvalue weighted by molar-refractivity contribution is -0.119. The Morgan fingerprint density at radius 3 is 2.77 bits per heavy atom. The summed E-state index contributed by atoms with van der Waals surface area (Å²) in [6, 6.07) is 10.2. The van der Waals surface area contributed by atoms with Crippen molar-refractivity contribution in [3.05, 3.63) is 65.1 Å². The summed E-state index contributed by atoms with van der Waals surface area (Å²) in [5.74, 6) is 0.509. The minimum Gasteiger partial charge on any atom is -0.352 e. The van der Waals surface area contributed by atoms with Gasteiger partial charge < -0.3 is 10.6 Å². The molecule has 30 heavy (non-hydrogen) atoms. The predicted molar refractivity (Wildman–Crippen MR) is 119 cm³/mol. The number of hydrogen-bond donors (Lipinski definition) is 2. The van der Waals surface area contributed by atoms with Crippen LogP contribution in [0.3, 0.4) is 0 Å². The topological polar surface area (TPSA) is 79.8 Å². The summed E-state index contributed by atoms with van der Waals surface area (Å²) in [6.07, 6.45) is 5.85. The van der Waals surface area contributed by atoms with Gasteiger partial charge in [0.05, 0.1) is 5.69 Å². The highest BCUT2D eigenvalue weighted by atomic mass is 16.1. The average Bonchev–Trinajstić information content (AvgIpc) is 3.03. The quantitative estimate of drug-likeness (QED) is 0.660. The first-order chi connectivity index (χ1) is 14.3. The smallest absolute Gasteiger partial charge is 0.227 e. The van der Waals surface area contributed by atoms with Crippen LogP contribution in [0.15, 0.2) is 42.7 Å². The van der Waals surface area contributed by atoms with Gasteiger partial charge in [0.2, 0.25) is 11.9 Å². The zero-order valence-corrected chi connectivity index (χ0v) is 17.9. The van der Waals surface area contributed by atoms with E-state index in [4.69, 9.17) is 4.98 Å². The maximum absolute atomic E-state index is 11.1. The number of nitrogens with zero attached hydrogens (tertiary/aromatic N) is 3. The van der Waals surface area contributed by atoms with Gasteiger partial charge >= 0.3 is 0 Å². The fourth-order valence-corrected chi connectivity index (χ4v) is 3.89. The summed E-state index contributed by atoms with van der Waals surface area (Å²) < 4.78 is 0. The van der Waals surface area contributed by atoms with Gasteiger partial charge in [-0.2, -0.15) is 0 Å². The van der Waals surface area contributed by atoms with Gasteiger partial charge in [-0.05, 0) is 60.1 Å². The highest BCUT2D eigenvalue weighted by Gasteiger charge is 2.31. The van der Waals surface area contributed by atoms with E-state index < -0.39 is 0 Å². The number of fused-ring (bicyclic) bond motifs is 1. The minimum atomic E-state index is -0.0375. The first kappa shape index (κ1) is 20.0. The maximum atomic E-state index is 11.1. The highest BCUT2D eigenvalue weighted by Crippen LogP contribution is 2.38. The third-order valence-corrected chi connectivity index (χ3v) is 5.72. The van der Waals surface area contributed by atoms with Gasteiger partial charge in [-0.15, -0.1) is 0 Å². The fourth-order valence-electron chi connectivity index (χ4n) is 3.89. The lowest BCUT2D eigenvalue weighted by Crippen LogP contribution is -2.18. The number of amides is 1. The van der Waals surface area contributed by atoms with E-state index in [9.17, 15) is 4.79 Å². The Balaban J connectivity index is 1.56. The zero-order chi connectivity index (χ0) is 21.3. The molecular formula is C24H27N5O. The van der Waals surface area contributed by atoms with Crippen molar-refractivity contribution in [2.45, 2.75) is 52.5 Å². The number of aryl methyl sites for hydroxylation is 2. The van der Waals surface area contributed by atoms with Crippen LogP contribution in [0.5, 0.6) is 0 Å². The summed E-state index contributed by atoms with van der Waals surface area (Å²) >= 11 is 0. The molecule has 0 spiro atoms. The molecule has 1 aromatic carbocycles. The number of rotatable bonds is 5. The van der Waals surface area contributed by atoms with E-state index in [1.165, 1.54) is 18.2 Å². The van der Waals surface area contributed by atoms with Crippen molar-refractivity contribution in [2.75, 3.05) is 5.32 Å². The third-order valence-electron chi connectivity index (χ3n) is 5.72. The molecule has 0 saturated carbocycles. The first-order valence-electron chi connectivity index (χ1n) is 10.3. The molecule has 0 atom stereocenters. The zero-order valence-electron chi connectivity index (χ0n) is 17.9. The molecule has 6 nitrogen and oxygen atoms in total. The number of benzene rings is 1. The molecule has 154 valence electrons. The third kappa shape index (κ3) is 4.17. The van der Waals surface area contributed by atoms with Gasteiger partial charge in [0.1, 0.15) is 0 Å².